The van der Waals surface area contributed by atoms with Gasteiger partial charge in [0, 0.05) is 42.6 Å². The Morgan fingerprint density at radius 1 is 0.929 bits per heavy atom. The summed E-state index contributed by atoms with van der Waals surface area (Å²) in [6, 6.07) is 13.3. The summed E-state index contributed by atoms with van der Waals surface area (Å²) < 4.78 is 12.3. The molecule has 10 heteroatoms. The van der Waals surface area contributed by atoms with Crippen molar-refractivity contribution < 1.29 is 29.0 Å². The topological polar surface area (TPSA) is 99.6 Å². The van der Waals surface area contributed by atoms with E-state index in [0.29, 0.717) is 48.1 Å². The minimum atomic E-state index is -1.31. The Morgan fingerprint density at radius 2 is 1.60 bits per heavy atom. The molecule has 5 atom stereocenters. The fraction of sp³-hybridized carbons (Fsp3) is 0.406. The second kappa shape index (κ2) is 11.6. The predicted octanol–water partition coefficient (Wildman–Crippen LogP) is 3.60. The van der Waals surface area contributed by atoms with E-state index in [2.05, 4.69) is 0 Å². The number of rotatable bonds is 8. The van der Waals surface area contributed by atoms with Crippen molar-refractivity contribution >= 4 is 40.7 Å². The minimum absolute atomic E-state index is 0.0203. The standard InChI is InChI=1S/C32H34ClN3O6/c1-2-41-24-14-12-23(13-15-24)34-18-5-7-25-26(29(34)38)27-30(39)36(17-3-4-20-37)28-31(40)35(19-6-16-32(27,28)42-25)22-10-8-21(33)9-11-22/h5-16,25-28,37H,2-4,17-20H2,1H3/t25-,26+,27-,28?,32-/m0/s1. The second-order valence-corrected chi connectivity index (χ2v) is 11.4. The van der Waals surface area contributed by atoms with Crippen LogP contribution in [0.3, 0.4) is 0 Å². The van der Waals surface area contributed by atoms with E-state index in [4.69, 9.17) is 21.1 Å². The number of carbonyl (C=O) groups is 3. The minimum Gasteiger partial charge on any atom is -0.494 e. The molecule has 3 amide bonds. The van der Waals surface area contributed by atoms with E-state index in [1.54, 1.807) is 39.0 Å². The zero-order chi connectivity index (χ0) is 29.4. The van der Waals surface area contributed by atoms with Gasteiger partial charge in [0.2, 0.25) is 11.8 Å². The van der Waals surface area contributed by atoms with Crippen molar-refractivity contribution in [2.75, 3.05) is 42.6 Å². The third-order valence-corrected chi connectivity index (χ3v) is 8.82. The molecular weight excluding hydrogens is 558 g/mol. The number of ether oxygens (including phenoxy) is 2. The Bertz CT molecular complexity index is 1410. The van der Waals surface area contributed by atoms with Crippen LogP contribution in [0.1, 0.15) is 19.8 Å². The molecule has 6 rings (SSSR count). The molecule has 2 aromatic rings. The molecule has 2 saturated heterocycles. The van der Waals surface area contributed by atoms with Gasteiger partial charge in [-0.1, -0.05) is 35.9 Å². The summed E-state index contributed by atoms with van der Waals surface area (Å²) in [5.41, 5.74) is 0.0335. The summed E-state index contributed by atoms with van der Waals surface area (Å²) in [7, 11) is 0. The summed E-state index contributed by atoms with van der Waals surface area (Å²) in [4.78, 5) is 47.8. The predicted molar refractivity (Wildman–Crippen MR) is 158 cm³/mol. The molecule has 220 valence electrons. The molecular formula is C32H34ClN3O6. The van der Waals surface area contributed by atoms with E-state index in [-0.39, 0.29) is 37.4 Å². The molecule has 2 aromatic carbocycles. The van der Waals surface area contributed by atoms with Gasteiger partial charge >= 0.3 is 0 Å². The highest BCUT2D eigenvalue weighted by Crippen LogP contribution is 2.54. The van der Waals surface area contributed by atoms with Crippen LogP contribution in [0.25, 0.3) is 0 Å². The quantitative estimate of drug-likeness (QED) is 0.372. The monoisotopic (exact) mass is 591 g/mol. The Morgan fingerprint density at radius 3 is 2.29 bits per heavy atom. The number of nitrogens with zero attached hydrogens (tertiary/aromatic N) is 3. The summed E-state index contributed by atoms with van der Waals surface area (Å²) in [6.07, 6.45) is 7.76. The normalized spacial score (nSPS) is 28.5. The van der Waals surface area contributed by atoms with Crippen molar-refractivity contribution in [1.82, 2.24) is 4.90 Å². The molecule has 4 aliphatic heterocycles. The fourth-order valence-electron chi connectivity index (χ4n) is 6.74. The van der Waals surface area contributed by atoms with Crippen LogP contribution < -0.4 is 14.5 Å². The molecule has 9 nitrogen and oxygen atoms in total. The molecule has 0 radical (unpaired) electrons. The lowest BCUT2D eigenvalue weighted by Gasteiger charge is -2.35. The fourth-order valence-corrected chi connectivity index (χ4v) is 6.87. The van der Waals surface area contributed by atoms with Gasteiger partial charge in [0.05, 0.1) is 24.5 Å². The second-order valence-electron chi connectivity index (χ2n) is 10.9. The van der Waals surface area contributed by atoms with Crippen molar-refractivity contribution in [2.45, 2.75) is 37.5 Å². The Balaban J connectivity index is 1.38. The van der Waals surface area contributed by atoms with Crippen LogP contribution in [-0.4, -0.2) is 78.3 Å². The molecule has 0 saturated carbocycles. The number of anilines is 2. The first kappa shape index (κ1) is 28.5. The highest BCUT2D eigenvalue weighted by Gasteiger charge is 2.71. The van der Waals surface area contributed by atoms with Crippen LogP contribution in [0.2, 0.25) is 5.02 Å². The molecule has 1 unspecified atom stereocenters. The van der Waals surface area contributed by atoms with E-state index in [9.17, 15) is 19.5 Å². The van der Waals surface area contributed by atoms with E-state index in [1.165, 1.54) is 0 Å². The maximum Gasteiger partial charge on any atom is 0.253 e. The van der Waals surface area contributed by atoms with Crippen molar-refractivity contribution in [1.29, 1.82) is 0 Å². The number of hydrogen-bond acceptors (Lipinski definition) is 6. The lowest BCUT2D eigenvalue weighted by Crippen LogP contribution is -2.55. The number of unbranched alkanes of at least 4 members (excludes halogenated alkanes) is 1. The van der Waals surface area contributed by atoms with Gasteiger partial charge < -0.3 is 29.3 Å². The van der Waals surface area contributed by atoms with E-state index >= 15 is 0 Å². The number of halogens is 1. The summed E-state index contributed by atoms with van der Waals surface area (Å²) in [5.74, 6) is -1.77. The molecule has 4 heterocycles. The number of aliphatic hydroxyl groups is 1. The van der Waals surface area contributed by atoms with Crippen LogP contribution >= 0.6 is 11.6 Å². The summed E-state index contributed by atoms with van der Waals surface area (Å²) in [6.45, 7) is 3.31. The van der Waals surface area contributed by atoms with Gasteiger partial charge in [-0.15, -0.1) is 0 Å². The van der Waals surface area contributed by atoms with Crippen LogP contribution in [0.15, 0.2) is 72.8 Å². The first-order chi connectivity index (χ1) is 20.4. The van der Waals surface area contributed by atoms with Gasteiger partial charge in [-0.05, 0) is 68.3 Å². The Labute approximate surface area is 249 Å². The van der Waals surface area contributed by atoms with E-state index < -0.39 is 29.6 Å². The van der Waals surface area contributed by atoms with Crippen LogP contribution in [0, 0.1) is 11.8 Å². The number of likely N-dealkylation sites (tertiary alicyclic amines) is 1. The molecule has 0 aromatic heterocycles. The van der Waals surface area contributed by atoms with Gasteiger partial charge in [-0.3, -0.25) is 14.4 Å². The maximum atomic E-state index is 14.4. The number of carbonyl (C=O) groups excluding carboxylic acids is 3. The van der Waals surface area contributed by atoms with Crippen LogP contribution in [0.5, 0.6) is 5.75 Å². The van der Waals surface area contributed by atoms with Gasteiger partial charge in [0.1, 0.15) is 17.4 Å². The van der Waals surface area contributed by atoms with E-state index in [1.807, 2.05) is 55.5 Å². The third-order valence-electron chi connectivity index (χ3n) is 8.56. The highest BCUT2D eigenvalue weighted by molar-refractivity contribution is 6.30. The van der Waals surface area contributed by atoms with Gasteiger partial charge in [-0.2, -0.15) is 0 Å². The molecule has 1 N–H and O–H groups in total. The Hall–Kier alpha value is -3.66. The van der Waals surface area contributed by atoms with Crippen molar-refractivity contribution in [3.63, 3.8) is 0 Å². The number of hydrogen-bond donors (Lipinski definition) is 1. The number of amides is 3. The van der Waals surface area contributed by atoms with Crippen LogP contribution in [0.4, 0.5) is 11.4 Å². The van der Waals surface area contributed by atoms with Gasteiger partial charge in [0.25, 0.3) is 5.91 Å². The largest absolute Gasteiger partial charge is 0.494 e. The molecule has 4 aliphatic rings. The van der Waals surface area contributed by atoms with E-state index in [0.717, 1.165) is 0 Å². The molecule has 1 spiro atoms. The third kappa shape index (κ3) is 4.69. The van der Waals surface area contributed by atoms with Crippen molar-refractivity contribution in [2.24, 2.45) is 11.8 Å². The van der Waals surface area contributed by atoms with Gasteiger partial charge in [-0.25, -0.2) is 0 Å². The smallest absolute Gasteiger partial charge is 0.253 e. The molecule has 42 heavy (non-hydrogen) atoms. The summed E-state index contributed by atoms with van der Waals surface area (Å²) >= 11 is 6.11. The Kier molecular flexibility index (Phi) is 7.83. The number of aliphatic hydroxyl groups excluding tert-OH is 1. The zero-order valence-corrected chi connectivity index (χ0v) is 24.2. The zero-order valence-electron chi connectivity index (χ0n) is 23.4. The first-order valence-corrected chi connectivity index (χ1v) is 14.8. The van der Waals surface area contributed by atoms with Crippen molar-refractivity contribution in [3.05, 3.63) is 77.9 Å². The lowest BCUT2D eigenvalue weighted by atomic mass is 9.77. The number of benzene rings is 2. The SMILES string of the molecule is CCOc1ccc(N2CC=C[C@@H]3O[C@]45C=CCN(c6ccc(Cl)cc6)C(=O)C4N(CCCCO)C(=O)[C@@H]5[C@@H]3C2=O)cc1. The first-order valence-electron chi connectivity index (χ1n) is 14.4. The maximum absolute atomic E-state index is 14.4. The average Bonchev–Trinajstić information content (AvgIpc) is 3.29. The summed E-state index contributed by atoms with van der Waals surface area (Å²) in [5, 5.41) is 9.97. The molecule has 0 aliphatic carbocycles. The van der Waals surface area contributed by atoms with Crippen LogP contribution in [-0.2, 0) is 19.1 Å². The highest BCUT2D eigenvalue weighted by atomic mass is 35.5. The molecule has 2 fully saturated rings. The van der Waals surface area contributed by atoms with Crippen molar-refractivity contribution in [3.8, 4) is 5.75 Å². The molecule has 0 bridgehead atoms. The average molecular weight is 592 g/mol. The van der Waals surface area contributed by atoms with Gasteiger partial charge in [0.15, 0.2) is 0 Å². The lowest BCUT2D eigenvalue weighted by molar-refractivity contribution is -0.140. The number of fused-ring (bicyclic) bond motifs is 2.